The van der Waals surface area contributed by atoms with Crippen LogP contribution < -0.4 is 0 Å². The minimum atomic E-state index is -0.574. The average molecular weight is 852 g/mol. The first kappa shape index (κ1) is 38.6. The number of rotatable bonds is 6. The lowest BCUT2D eigenvalue weighted by molar-refractivity contribution is 0.775. The number of hydrogen-bond acceptors (Lipinski definition) is 3. The number of fused-ring (bicyclic) bond motifs is 12. The standard InChI is InChI=1S/C64H41N3/c1-4-19-42(20-5-1)45-25-18-26-46(37-45)61-65-62(67-63(66-61)50-39-48(43-21-6-2-7-22-43)38-49(40-50)44-23-8-3-9-24-44)47-35-36-60-56(41-47)55-31-14-17-34-59(55)64(60)57-32-15-12-29-53(57)51-27-10-11-28-52(51)54-30-13-16-33-58(54)64/h1-41H. The van der Waals surface area contributed by atoms with E-state index in [0.29, 0.717) is 17.5 Å². The van der Waals surface area contributed by atoms with Crippen LogP contribution in [0.5, 0.6) is 0 Å². The Balaban J connectivity index is 1.05. The van der Waals surface area contributed by atoms with Gasteiger partial charge in [-0.3, -0.25) is 0 Å². The van der Waals surface area contributed by atoms with Gasteiger partial charge in [-0.1, -0.05) is 218 Å². The number of hydrogen-bond donors (Lipinski definition) is 0. The third-order valence-corrected chi connectivity index (χ3v) is 13.7. The molecule has 10 aromatic carbocycles. The first-order chi connectivity index (χ1) is 33.2. The Morgan fingerprint density at radius 2 is 0.522 bits per heavy atom. The number of nitrogens with zero attached hydrogens (tertiary/aromatic N) is 3. The summed E-state index contributed by atoms with van der Waals surface area (Å²) in [7, 11) is 0. The van der Waals surface area contributed by atoms with Gasteiger partial charge in [-0.05, 0) is 119 Å². The maximum absolute atomic E-state index is 5.43. The van der Waals surface area contributed by atoms with Crippen molar-refractivity contribution in [3.05, 3.63) is 271 Å². The normalized spacial score (nSPS) is 12.6. The van der Waals surface area contributed by atoms with Crippen LogP contribution in [0, 0.1) is 0 Å². The molecular formula is C64H41N3. The molecule has 1 heterocycles. The molecule has 67 heavy (non-hydrogen) atoms. The second kappa shape index (κ2) is 15.7. The van der Waals surface area contributed by atoms with Crippen LogP contribution in [0.4, 0.5) is 0 Å². The summed E-state index contributed by atoms with van der Waals surface area (Å²) in [6.45, 7) is 0. The van der Waals surface area contributed by atoms with Gasteiger partial charge in [0.1, 0.15) is 0 Å². The summed E-state index contributed by atoms with van der Waals surface area (Å²) in [6.07, 6.45) is 0. The second-order valence-corrected chi connectivity index (χ2v) is 17.5. The molecular weight excluding hydrogens is 811 g/mol. The second-order valence-electron chi connectivity index (χ2n) is 17.5. The Hall–Kier alpha value is -8.79. The van der Waals surface area contributed by atoms with E-state index in [0.717, 1.165) is 50.1 Å². The summed E-state index contributed by atoms with van der Waals surface area (Å²) in [5, 5.41) is 0. The Kier molecular flexibility index (Phi) is 9.07. The van der Waals surface area contributed by atoms with E-state index in [-0.39, 0.29) is 0 Å². The fourth-order valence-corrected chi connectivity index (χ4v) is 10.8. The first-order valence-electron chi connectivity index (χ1n) is 22.9. The molecule has 3 heteroatoms. The predicted molar refractivity (Wildman–Crippen MR) is 274 cm³/mol. The minimum Gasteiger partial charge on any atom is -0.208 e. The van der Waals surface area contributed by atoms with Gasteiger partial charge in [0, 0.05) is 16.7 Å². The lowest BCUT2D eigenvalue weighted by Gasteiger charge is -2.35. The van der Waals surface area contributed by atoms with Crippen LogP contribution in [-0.2, 0) is 5.41 Å². The molecule has 0 N–H and O–H groups in total. The SMILES string of the molecule is c1ccc(-c2cccc(-c3nc(-c4cc(-c5ccccc5)cc(-c5ccccc5)c4)nc(-c4ccc5c(c4)-c4ccccc4C54c5ccccc5-c5ccccc5-c5ccccc54)n3)c2)cc1. The summed E-state index contributed by atoms with van der Waals surface area (Å²) in [4.78, 5) is 16.1. The molecule has 3 nitrogen and oxygen atoms in total. The molecule has 0 saturated heterocycles. The predicted octanol–water partition coefficient (Wildman–Crippen LogP) is 15.9. The highest BCUT2D eigenvalue weighted by Crippen LogP contribution is 2.61. The van der Waals surface area contributed by atoms with Gasteiger partial charge >= 0.3 is 0 Å². The van der Waals surface area contributed by atoms with Crippen LogP contribution >= 0.6 is 0 Å². The van der Waals surface area contributed by atoms with Gasteiger partial charge in [-0.25, -0.2) is 15.0 Å². The van der Waals surface area contributed by atoms with Crippen molar-refractivity contribution in [1.82, 2.24) is 15.0 Å². The van der Waals surface area contributed by atoms with Gasteiger partial charge in [0.05, 0.1) is 5.41 Å². The van der Waals surface area contributed by atoms with E-state index in [1.54, 1.807) is 0 Å². The minimum absolute atomic E-state index is 0.574. The molecule has 0 aliphatic heterocycles. The average Bonchev–Trinajstić information content (AvgIpc) is 3.65. The topological polar surface area (TPSA) is 38.7 Å². The molecule has 1 aromatic heterocycles. The van der Waals surface area contributed by atoms with Gasteiger partial charge in [-0.2, -0.15) is 0 Å². The van der Waals surface area contributed by atoms with Gasteiger partial charge in [0.15, 0.2) is 17.5 Å². The van der Waals surface area contributed by atoms with Crippen molar-refractivity contribution >= 4 is 0 Å². The molecule has 13 rings (SSSR count). The summed E-state index contributed by atoms with van der Waals surface area (Å²) < 4.78 is 0. The van der Waals surface area contributed by atoms with Crippen LogP contribution in [0.2, 0.25) is 0 Å². The summed E-state index contributed by atoms with van der Waals surface area (Å²) in [5.41, 5.74) is 21.3. The smallest absolute Gasteiger partial charge is 0.164 e. The van der Waals surface area contributed by atoms with E-state index in [1.165, 1.54) is 55.6 Å². The fraction of sp³-hybridized carbons (Fsp3) is 0.0156. The van der Waals surface area contributed by atoms with Crippen molar-refractivity contribution < 1.29 is 0 Å². The van der Waals surface area contributed by atoms with E-state index in [4.69, 9.17) is 15.0 Å². The van der Waals surface area contributed by atoms with Crippen molar-refractivity contribution in [3.8, 4) is 101 Å². The lowest BCUT2D eigenvalue weighted by atomic mass is 9.66. The zero-order valence-corrected chi connectivity index (χ0v) is 36.5. The highest BCUT2D eigenvalue weighted by atomic mass is 15.0. The zero-order valence-electron chi connectivity index (χ0n) is 36.5. The van der Waals surface area contributed by atoms with Gasteiger partial charge in [0.2, 0.25) is 0 Å². The maximum atomic E-state index is 5.43. The molecule has 2 aliphatic carbocycles. The molecule has 0 atom stereocenters. The number of aromatic nitrogens is 3. The van der Waals surface area contributed by atoms with Crippen LogP contribution in [0.1, 0.15) is 22.3 Å². The van der Waals surface area contributed by atoms with Crippen LogP contribution in [0.15, 0.2) is 249 Å². The van der Waals surface area contributed by atoms with E-state index < -0.39 is 5.41 Å². The molecule has 0 bridgehead atoms. The van der Waals surface area contributed by atoms with E-state index in [9.17, 15) is 0 Å². The van der Waals surface area contributed by atoms with E-state index in [2.05, 4.69) is 243 Å². The molecule has 0 radical (unpaired) electrons. The van der Waals surface area contributed by atoms with Crippen molar-refractivity contribution in [1.29, 1.82) is 0 Å². The molecule has 1 spiro atoms. The Morgan fingerprint density at radius 1 is 0.194 bits per heavy atom. The molecule has 0 unspecified atom stereocenters. The van der Waals surface area contributed by atoms with Crippen LogP contribution in [0.25, 0.3) is 101 Å². The van der Waals surface area contributed by atoms with E-state index >= 15 is 0 Å². The third kappa shape index (κ3) is 6.31. The van der Waals surface area contributed by atoms with Crippen LogP contribution in [-0.4, -0.2) is 15.0 Å². The fourth-order valence-electron chi connectivity index (χ4n) is 10.8. The Labute approximate surface area is 390 Å². The van der Waals surface area contributed by atoms with Crippen molar-refractivity contribution in [2.75, 3.05) is 0 Å². The lowest BCUT2D eigenvalue weighted by Crippen LogP contribution is -2.29. The molecule has 0 saturated carbocycles. The van der Waals surface area contributed by atoms with Crippen LogP contribution in [0.3, 0.4) is 0 Å². The highest BCUT2D eigenvalue weighted by molar-refractivity contribution is 5.98. The van der Waals surface area contributed by atoms with Gasteiger partial charge < -0.3 is 0 Å². The van der Waals surface area contributed by atoms with E-state index in [1.807, 2.05) is 6.07 Å². The largest absolute Gasteiger partial charge is 0.208 e. The van der Waals surface area contributed by atoms with Crippen molar-refractivity contribution in [3.63, 3.8) is 0 Å². The molecule has 11 aromatic rings. The molecule has 0 amide bonds. The Bertz CT molecular complexity index is 3560. The van der Waals surface area contributed by atoms with Gasteiger partial charge in [0.25, 0.3) is 0 Å². The summed E-state index contributed by atoms with van der Waals surface area (Å²) in [6, 6.07) is 89.6. The maximum Gasteiger partial charge on any atom is 0.164 e. The van der Waals surface area contributed by atoms with Gasteiger partial charge in [-0.15, -0.1) is 0 Å². The molecule has 2 aliphatic rings. The van der Waals surface area contributed by atoms with Crippen molar-refractivity contribution in [2.45, 2.75) is 5.41 Å². The zero-order chi connectivity index (χ0) is 44.3. The van der Waals surface area contributed by atoms with Crippen molar-refractivity contribution in [2.24, 2.45) is 0 Å². The number of benzene rings is 10. The third-order valence-electron chi connectivity index (χ3n) is 13.7. The summed E-state index contributed by atoms with van der Waals surface area (Å²) in [5.74, 6) is 1.85. The Morgan fingerprint density at radius 3 is 1.03 bits per heavy atom. The quantitative estimate of drug-likeness (QED) is 0.167. The first-order valence-corrected chi connectivity index (χ1v) is 22.9. The molecule has 0 fully saturated rings. The highest BCUT2D eigenvalue weighted by Gasteiger charge is 2.49. The summed E-state index contributed by atoms with van der Waals surface area (Å²) >= 11 is 0. The monoisotopic (exact) mass is 851 g/mol. The molecule has 312 valence electrons.